The molecule has 0 saturated carbocycles. The zero-order valence-electron chi connectivity index (χ0n) is 15.9. The molecule has 7 heteroatoms. The summed E-state index contributed by atoms with van der Waals surface area (Å²) >= 11 is 1.69. The summed E-state index contributed by atoms with van der Waals surface area (Å²) in [4.78, 5) is 6.65. The van der Waals surface area contributed by atoms with E-state index in [0.717, 1.165) is 53.8 Å². The van der Waals surface area contributed by atoms with Gasteiger partial charge >= 0.3 is 0 Å². The molecule has 2 heterocycles. The van der Waals surface area contributed by atoms with Crippen molar-refractivity contribution in [1.29, 1.82) is 0 Å². The topological polar surface area (TPSA) is 68.2 Å². The fraction of sp³-hybridized carbons (Fsp3) is 0.429. The van der Waals surface area contributed by atoms with Crippen molar-refractivity contribution in [3.63, 3.8) is 0 Å². The van der Waals surface area contributed by atoms with E-state index in [9.17, 15) is 5.11 Å². The van der Waals surface area contributed by atoms with Crippen LogP contribution < -0.4 is 5.32 Å². The average molecular weight is 402 g/mol. The van der Waals surface area contributed by atoms with E-state index in [-0.39, 0.29) is 6.61 Å². The molecule has 6 nitrogen and oxygen atoms in total. The third kappa shape index (κ3) is 4.05. The molecule has 0 amide bonds. The van der Waals surface area contributed by atoms with Crippen molar-refractivity contribution in [2.24, 2.45) is 0 Å². The Balaban J connectivity index is 1.52. The number of benzene rings is 2. The quantitative estimate of drug-likeness (QED) is 0.640. The van der Waals surface area contributed by atoms with Crippen molar-refractivity contribution in [2.75, 3.05) is 57.9 Å². The van der Waals surface area contributed by atoms with Gasteiger partial charge in [-0.2, -0.15) is 0 Å². The smallest absolute Gasteiger partial charge is 0.224 e. The molecule has 1 fully saturated rings. The monoisotopic (exact) mass is 401 g/mol. The lowest BCUT2D eigenvalue weighted by Crippen LogP contribution is -2.59. The van der Waals surface area contributed by atoms with Crippen LogP contribution in [0.1, 0.15) is 5.56 Å². The van der Waals surface area contributed by atoms with Crippen LogP contribution in [0.5, 0.6) is 0 Å². The molecule has 2 aliphatic rings. The van der Waals surface area contributed by atoms with Crippen LogP contribution in [0.25, 0.3) is 0 Å². The maximum atomic E-state index is 11.8. The summed E-state index contributed by atoms with van der Waals surface area (Å²) in [6.07, 6.45) is 0. The average Bonchev–Trinajstić information content (AvgIpc) is 2.86. The Hall–Kier alpha value is -1.61. The Labute approximate surface area is 170 Å². The molecule has 28 heavy (non-hydrogen) atoms. The van der Waals surface area contributed by atoms with Gasteiger partial charge in [0.15, 0.2) is 0 Å². The molecular weight excluding hydrogens is 374 g/mol. The number of fused-ring (bicyclic) bond motifs is 2. The van der Waals surface area contributed by atoms with Gasteiger partial charge < -0.3 is 20.3 Å². The van der Waals surface area contributed by atoms with Crippen molar-refractivity contribution in [3.05, 3.63) is 54.1 Å². The first-order valence-electron chi connectivity index (χ1n) is 9.73. The van der Waals surface area contributed by atoms with E-state index in [2.05, 4.69) is 27.2 Å². The fourth-order valence-corrected chi connectivity index (χ4v) is 4.86. The largest absolute Gasteiger partial charge is 0.394 e. The first-order valence-corrected chi connectivity index (χ1v) is 10.6. The van der Waals surface area contributed by atoms with Gasteiger partial charge in [-0.05, 0) is 18.2 Å². The maximum Gasteiger partial charge on any atom is 0.224 e. The maximum absolute atomic E-state index is 11.8. The van der Waals surface area contributed by atoms with Crippen LogP contribution in [0, 0.1) is 0 Å². The number of aliphatic hydroxyl groups is 2. The number of nitrogens with one attached hydrogen (secondary N) is 1. The molecule has 150 valence electrons. The molecule has 0 radical (unpaired) electrons. The number of piperazine rings is 1. The van der Waals surface area contributed by atoms with E-state index >= 15 is 0 Å². The van der Waals surface area contributed by atoms with E-state index in [1.807, 2.05) is 36.4 Å². The fourth-order valence-electron chi connectivity index (χ4n) is 3.78. The van der Waals surface area contributed by atoms with Crippen LogP contribution in [0.4, 0.5) is 5.69 Å². The molecule has 1 saturated heterocycles. The summed E-state index contributed by atoms with van der Waals surface area (Å²) < 4.78 is 5.38. The number of rotatable bonds is 6. The molecule has 0 spiro atoms. The third-order valence-electron chi connectivity index (χ3n) is 5.30. The molecule has 2 aliphatic heterocycles. The molecular formula is C21H27N3O3S. The Kier molecular flexibility index (Phi) is 6.20. The number of ether oxygens (including phenoxy) is 1. The number of hydrogen-bond donors (Lipinski definition) is 3. The lowest BCUT2D eigenvalue weighted by molar-refractivity contribution is -0.112. The van der Waals surface area contributed by atoms with E-state index in [4.69, 9.17) is 9.84 Å². The summed E-state index contributed by atoms with van der Waals surface area (Å²) in [5, 5.41) is 24.1. The van der Waals surface area contributed by atoms with Gasteiger partial charge in [0.25, 0.3) is 0 Å². The Morgan fingerprint density at radius 1 is 0.964 bits per heavy atom. The zero-order valence-corrected chi connectivity index (χ0v) is 16.7. The van der Waals surface area contributed by atoms with Crippen LogP contribution in [0.3, 0.4) is 0 Å². The highest BCUT2D eigenvalue weighted by Gasteiger charge is 2.41. The van der Waals surface area contributed by atoms with E-state index in [0.29, 0.717) is 13.2 Å². The standard InChI is InChI=1S/C21H27N3O3S/c25-14-16-27-15-13-23-9-11-24(12-10-23)21(26)17-5-1-3-7-19(17)28-20-8-4-2-6-18(20)22-21/h1-8,22,25-26H,9-16H2. The van der Waals surface area contributed by atoms with Gasteiger partial charge in [0.1, 0.15) is 0 Å². The van der Waals surface area contributed by atoms with Crippen molar-refractivity contribution < 1.29 is 14.9 Å². The number of para-hydroxylation sites is 1. The normalized spacial score (nSPS) is 22.8. The second-order valence-electron chi connectivity index (χ2n) is 7.06. The molecule has 0 bridgehead atoms. The minimum atomic E-state index is -1.24. The van der Waals surface area contributed by atoms with Crippen molar-refractivity contribution in [3.8, 4) is 0 Å². The zero-order chi connectivity index (χ0) is 19.4. The van der Waals surface area contributed by atoms with E-state index in [1.165, 1.54) is 0 Å². The van der Waals surface area contributed by atoms with Crippen molar-refractivity contribution in [1.82, 2.24) is 9.80 Å². The summed E-state index contributed by atoms with van der Waals surface area (Å²) in [5.41, 5.74) is 1.85. The molecule has 2 aromatic rings. The van der Waals surface area contributed by atoms with Crippen LogP contribution in [-0.4, -0.2) is 72.6 Å². The number of nitrogens with zero attached hydrogens (tertiary/aromatic N) is 2. The van der Waals surface area contributed by atoms with Crippen LogP contribution in [0.15, 0.2) is 58.3 Å². The highest BCUT2D eigenvalue weighted by Crippen LogP contribution is 2.44. The lowest BCUT2D eigenvalue weighted by Gasteiger charge is -2.45. The van der Waals surface area contributed by atoms with E-state index in [1.54, 1.807) is 11.8 Å². The van der Waals surface area contributed by atoms with Gasteiger partial charge in [0.05, 0.1) is 25.5 Å². The van der Waals surface area contributed by atoms with Gasteiger partial charge in [-0.3, -0.25) is 9.80 Å². The molecule has 2 aromatic carbocycles. The number of hydrogen-bond acceptors (Lipinski definition) is 7. The van der Waals surface area contributed by atoms with Gasteiger partial charge in [0, 0.05) is 48.1 Å². The highest BCUT2D eigenvalue weighted by atomic mass is 32.2. The van der Waals surface area contributed by atoms with Gasteiger partial charge in [-0.15, -0.1) is 0 Å². The Bertz CT molecular complexity index is 798. The van der Waals surface area contributed by atoms with E-state index < -0.39 is 5.85 Å². The molecule has 4 rings (SSSR count). The minimum Gasteiger partial charge on any atom is -0.394 e. The van der Waals surface area contributed by atoms with Gasteiger partial charge in [-0.25, -0.2) is 0 Å². The van der Waals surface area contributed by atoms with Crippen molar-refractivity contribution in [2.45, 2.75) is 15.6 Å². The molecule has 0 aliphatic carbocycles. The third-order valence-corrected chi connectivity index (χ3v) is 6.45. The lowest BCUT2D eigenvalue weighted by atomic mass is 10.1. The summed E-state index contributed by atoms with van der Waals surface area (Å²) in [6.45, 7) is 5.15. The first-order chi connectivity index (χ1) is 13.7. The second kappa shape index (κ2) is 8.82. The summed E-state index contributed by atoms with van der Waals surface area (Å²) in [6, 6.07) is 16.2. The van der Waals surface area contributed by atoms with Crippen LogP contribution in [-0.2, 0) is 10.6 Å². The minimum absolute atomic E-state index is 0.0609. The predicted octanol–water partition coefficient (Wildman–Crippen LogP) is 1.99. The highest BCUT2D eigenvalue weighted by molar-refractivity contribution is 7.99. The Morgan fingerprint density at radius 2 is 1.68 bits per heavy atom. The molecule has 0 aromatic heterocycles. The van der Waals surface area contributed by atoms with Crippen molar-refractivity contribution >= 4 is 17.4 Å². The second-order valence-corrected chi connectivity index (χ2v) is 8.14. The molecule has 1 atom stereocenters. The molecule has 3 N–H and O–H groups in total. The predicted molar refractivity (Wildman–Crippen MR) is 110 cm³/mol. The summed E-state index contributed by atoms with van der Waals surface area (Å²) in [7, 11) is 0. The van der Waals surface area contributed by atoms with Crippen LogP contribution >= 0.6 is 11.8 Å². The SMILES string of the molecule is OCCOCCN1CCN(C2(O)Nc3ccccc3Sc3ccccc32)CC1. The van der Waals surface area contributed by atoms with Gasteiger partial charge in [0.2, 0.25) is 5.85 Å². The van der Waals surface area contributed by atoms with Gasteiger partial charge in [-0.1, -0.05) is 42.1 Å². The summed E-state index contributed by atoms with van der Waals surface area (Å²) in [5.74, 6) is -1.24. The molecule has 1 unspecified atom stereocenters. The Morgan fingerprint density at radius 3 is 2.46 bits per heavy atom. The number of anilines is 1. The first kappa shape index (κ1) is 19.7. The number of aliphatic hydroxyl groups excluding tert-OH is 1. The van der Waals surface area contributed by atoms with Crippen LogP contribution in [0.2, 0.25) is 0 Å².